The smallest absolute Gasteiger partial charge is 0.300 e. The summed E-state index contributed by atoms with van der Waals surface area (Å²) in [6.45, 7) is 1.90. The first kappa shape index (κ1) is 20.0. The van der Waals surface area contributed by atoms with Crippen molar-refractivity contribution in [2.45, 2.75) is 13.0 Å². The molecule has 0 spiro atoms. The molecule has 1 saturated heterocycles. The zero-order chi connectivity index (χ0) is 22.1. The van der Waals surface area contributed by atoms with Gasteiger partial charge < -0.3 is 5.11 Å². The summed E-state index contributed by atoms with van der Waals surface area (Å²) in [4.78, 5) is 37.9. The number of hydrogen-bond donors (Lipinski definition) is 1. The lowest BCUT2D eigenvalue weighted by Gasteiger charge is -2.25. The molecule has 7 nitrogen and oxygen atoms in total. The summed E-state index contributed by atoms with van der Waals surface area (Å²) in [5.74, 6) is -1.88. The summed E-state index contributed by atoms with van der Waals surface area (Å²) in [6.07, 6.45) is 0. The maximum absolute atomic E-state index is 13.0. The highest BCUT2D eigenvalue weighted by atomic mass is 16.6. The third-order valence-electron chi connectivity index (χ3n) is 5.22. The molecule has 7 heteroatoms. The first-order valence-corrected chi connectivity index (χ1v) is 9.56. The largest absolute Gasteiger partial charge is 0.507 e. The van der Waals surface area contributed by atoms with E-state index in [1.807, 2.05) is 19.1 Å². The normalized spacial score (nSPS) is 17.7. The van der Waals surface area contributed by atoms with Crippen LogP contribution >= 0.6 is 0 Å². The average molecular weight is 414 g/mol. The number of hydrogen-bond acceptors (Lipinski definition) is 5. The number of carbonyl (C=O) groups excluding carboxylic acids is 2. The summed E-state index contributed by atoms with van der Waals surface area (Å²) in [6, 6.07) is 20.3. The highest BCUT2D eigenvalue weighted by Crippen LogP contribution is 2.42. The number of nitrogens with zero attached hydrogens (tertiary/aromatic N) is 2. The number of rotatable bonds is 4. The second kappa shape index (κ2) is 7.87. The van der Waals surface area contributed by atoms with Crippen LogP contribution in [0.1, 0.15) is 22.7 Å². The van der Waals surface area contributed by atoms with Gasteiger partial charge in [-0.1, -0.05) is 48.0 Å². The van der Waals surface area contributed by atoms with Gasteiger partial charge in [-0.3, -0.25) is 24.6 Å². The molecule has 1 aliphatic rings. The Morgan fingerprint density at radius 2 is 1.55 bits per heavy atom. The van der Waals surface area contributed by atoms with Crippen molar-refractivity contribution in [2.24, 2.45) is 0 Å². The van der Waals surface area contributed by atoms with Gasteiger partial charge in [-0.05, 0) is 36.8 Å². The van der Waals surface area contributed by atoms with Gasteiger partial charge in [0.05, 0.1) is 16.5 Å². The van der Waals surface area contributed by atoms with Crippen LogP contribution in [0.15, 0.2) is 84.4 Å². The number of aryl methyl sites for hydroxylation is 1. The van der Waals surface area contributed by atoms with Gasteiger partial charge in [0.2, 0.25) is 0 Å². The van der Waals surface area contributed by atoms with Crippen molar-refractivity contribution in [2.75, 3.05) is 4.90 Å². The first-order valence-electron chi connectivity index (χ1n) is 9.56. The highest BCUT2D eigenvalue weighted by molar-refractivity contribution is 6.51. The van der Waals surface area contributed by atoms with Gasteiger partial charge in [-0.15, -0.1) is 0 Å². The van der Waals surface area contributed by atoms with Crippen molar-refractivity contribution in [3.8, 4) is 0 Å². The van der Waals surface area contributed by atoms with Gasteiger partial charge in [0.1, 0.15) is 5.76 Å². The number of nitro groups is 1. The molecule has 1 aliphatic heterocycles. The Labute approximate surface area is 178 Å². The molecular formula is C24H18N2O5. The third-order valence-corrected chi connectivity index (χ3v) is 5.22. The van der Waals surface area contributed by atoms with Crippen LogP contribution in [0.4, 0.5) is 11.4 Å². The lowest BCUT2D eigenvalue weighted by atomic mass is 9.95. The molecule has 1 heterocycles. The molecule has 1 atom stereocenters. The molecule has 0 aliphatic carbocycles. The molecular weight excluding hydrogens is 396 g/mol. The molecule has 3 aromatic carbocycles. The zero-order valence-corrected chi connectivity index (χ0v) is 16.6. The lowest BCUT2D eigenvalue weighted by Crippen LogP contribution is -2.29. The fraction of sp³-hybridized carbons (Fsp3) is 0.0833. The van der Waals surface area contributed by atoms with E-state index >= 15 is 0 Å². The summed E-state index contributed by atoms with van der Waals surface area (Å²) in [5, 5.41) is 22.0. The second-order valence-corrected chi connectivity index (χ2v) is 7.22. The van der Waals surface area contributed by atoms with E-state index in [1.165, 1.54) is 29.2 Å². The van der Waals surface area contributed by atoms with Crippen LogP contribution in [0.3, 0.4) is 0 Å². The highest BCUT2D eigenvalue weighted by Gasteiger charge is 2.47. The van der Waals surface area contributed by atoms with E-state index in [4.69, 9.17) is 0 Å². The van der Waals surface area contributed by atoms with Gasteiger partial charge in [0, 0.05) is 23.4 Å². The quantitative estimate of drug-likeness (QED) is 0.222. The van der Waals surface area contributed by atoms with E-state index in [0.717, 1.165) is 5.56 Å². The summed E-state index contributed by atoms with van der Waals surface area (Å²) in [5.41, 5.74) is 2.17. The van der Waals surface area contributed by atoms with E-state index in [0.29, 0.717) is 16.8 Å². The Morgan fingerprint density at radius 3 is 2.13 bits per heavy atom. The molecule has 0 radical (unpaired) electrons. The standard InChI is InChI=1S/C24H18N2O5/c1-15-7-11-18(12-8-15)25-21(16-9-13-19(14-10-16)26(30)31)20(23(28)24(25)29)22(27)17-5-3-2-4-6-17/h2-14,21,27H,1H3/b22-20+/t21-/m0/s1. The van der Waals surface area contributed by atoms with Crippen LogP contribution in [0.25, 0.3) is 5.76 Å². The summed E-state index contributed by atoms with van der Waals surface area (Å²) < 4.78 is 0. The van der Waals surface area contributed by atoms with E-state index in [2.05, 4.69) is 0 Å². The Bertz CT molecular complexity index is 1200. The molecule has 154 valence electrons. The maximum atomic E-state index is 13.0. The number of amides is 1. The third kappa shape index (κ3) is 3.57. The molecule has 0 aromatic heterocycles. The predicted octanol–water partition coefficient (Wildman–Crippen LogP) is 4.53. The minimum absolute atomic E-state index is 0.0642. The van der Waals surface area contributed by atoms with Gasteiger partial charge in [0.25, 0.3) is 17.4 Å². The number of Topliss-reactive ketones (excluding diaryl/α,β-unsaturated/α-hetero) is 1. The van der Waals surface area contributed by atoms with Crippen molar-refractivity contribution in [1.82, 2.24) is 0 Å². The van der Waals surface area contributed by atoms with E-state index in [9.17, 15) is 24.8 Å². The van der Waals surface area contributed by atoms with Crippen molar-refractivity contribution in [1.29, 1.82) is 0 Å². The van der Waals surface area contributed by atoms with E-state index < -0.39 is 22.7 Å². The maximum Gasteiger partial charge on any atom is 0.300 e. The number of ketones is 1. The predicted molar refractivity (Wildman–Crippen MR) is 116 cm³/mol. The fourth-order valence-electron chi connectivity index (χ4n) is 3.65. The van der Waals surface area contributed by atoms with Gasteiger partial charge >= 0.3 is 0 Å². The molecule has 1 amide bonds. The van der Waals surface area contributed by atoms with Crippen molar-refractivity contribution in [3.63, 3.8) is 0 Å². The van der Waals surface area contributed by atoms with Crippen molar-refractivity contribution >= 4 is 28.8 Å². The fourth-order valence-corrected chi connectivity index (χ4v) is 3.65. The number of aliphatic hydroxyl groups is 1. The number of non-ortho nitro benzene ring substituents is 1. The minimum atomic E-state index is -0.927. The molecule has 0 bridgehead atoms. The molecule has 3 aromatic rings. The summed E-state index contributed by atoms with van der Waals surface area (Å²) >= 11 is 0. The second-order valence-electron chi connectivity index (χ2n) is 7.22. The average Bonchev–Trinajstić information content (AvgIpc) is 3.05. The lowest BCUT2D eigenvalue weighted by molar-refractivity contribution is -0.384. The van der Waals surface area contributed by atoms with Crippen molar-refractivity contribution in [3.05, 3.63) is 111 Å². The van der Waals surface area contributed by atoms with Crippen LogP contribution < -0.4 is 4.90 Å². The van der Waals surface area contributed by atoms with Crippen LogP contribution in [0.5, 0.6) is 0 Å². The molecule has 1 fully saturated rings. The van der Waals surface area contributed by atoms with Gasteiger partial charge in [-0.25, -0.2) is 0 Å². The first-order chi connectivity index (χ1) is 14.9. The van der Waals surface area contributed by atoms with Crippen LogP contribution in [0, 0.1) is 17.0 Å². The van der Waals surface area contributed by atoms with Gasteiger partial charge in [0.15, 0.2) is 0 Å². The van der Waals surface area contributed by atoms with E-state index in [-0.39, 0.29) is 17.0 Å². The van der Waals surface area contributed by atoms with Crippen LogP contribution in [-0.4, -0.2) is 21.7 Å². The number of carbonyl (C=O) groups is 2. The Balaban J connectivity index is 1.93. The Hall–Kier alpha value is -4.26. The van der Waals surface area contributed by atoms with Crippen molar-refractivity contribution < 1.29 is 19.6 Å². The zero-order valence-electron chi connectivity index (χ0n) is 16.6. The molecule has 0 unspecified atom stereocenters. The SMILES string of the molecule is Cc1ccc(N2C(=O)C(=O)/C(=C(/O)c3ccccc3)[C@@H]2c2ccc([N+](=O)[O-])cc2)cc1. The number of anilines is 1. The molecule has 31 heavy (non-hydrogen) atoms. The number of aliphatic hydroxyl groups excluding tert-OH is 1. The molecule has 1 N–H and O–H groups in total. The number of nitro benzene ring substituents is 1. The minimum Gasteiger partial charge on any atom is -0.507 e. The monoisotopic (exact) mass is 414 g/mol. The van der Waals surface area contributed by atoms with Crippen LogP contribution in [-0.2, 0) is 9.59 Å². The topological polar surface area (TPSA) is 101 Å². The molecule has 0 saturated carbocycles. The molecule has 4 rings (SSSR count). The Kier molecular flexibility index (Phi) is 5.09. The summed E-state index contributed by atoms with van der Waals surface area (Å²) in [7, 11) is 0. The number of benzene rings is 3. The Morgan fingerprint density at radius 1 is 0.935 bits per heavy atom. The van der Waals surface area contributed by atoms with Crippen LogP contribution in [0.2, 0.25) is 0 Å². The van der Waals surface area contributed by atoms with E-state index in [1.54, 1.807) is 42.5 Å². The van der Waals surface area contributed by atoms with Gasteiger partial charge in [-0.2, -0.15) is 0 Å².